The highest BCUT2D eigenvalue weighted by Gasteiger charge is 2.31. The van der Waals surface area contributed by atoms with Crippen molar-refractivity contribution >= 4 is 11.8 Å². The maximum absolute atomic E-state index is 13.6. The standard InChI is InChI=1S/C30H36N2O3/c1-5-24-15-17-27(18-16-24)35-21-29(33)32(20-26-14-10-9-11-23(26)4)28(30(34)31-22(2)3)19-25-12-7-6-8-13-25/h6-18,22,28H,5,19-21H2,1-4H3,(H,31,34). The number of hydrogen-bond acceptors (Lipinski definition) is 3. The lowest BCUT2D eigenvalue weighted by atomic mass is 10.0. The fourth-order valence-corrected chi connectivity index (χ4v) is 3.96. The lowest BCUT2D eigenvalue weighted by Gasteiger charge is -2.32. The summed E-state index contributed by atoms with van der Waals surface area (Å²) in [5.41, 5.74) is 4.28. The summed E-state index contributed by atoms with van der Waals surface area (Å²) < 4.78 is 5.85. The molecule has 1 unspecified atom stereocenters. The maximum Gasteiger partial charge on any atom is 0.261 e. The van der Waals surface area contributed by atoms with Gasteiger partial charge in [0.05, 0.1) is 0 Å². The Labute approximate surface area is 209 Å². The van der Waals surface area contributed by atoms with E-state index in [1.807, 2.05) is 99.6 Å². The number of aryl methyl sites for hydroxylation is 2. The van der Waals surface area contributed by atoms with Crippen LogP contribution < -0.4 is 10.1 Å². The molecule has 0 aliphatic rings. The number of nitrogens with one attached hydrogen (secondary N) is 1. The Morgan fingerprint density at radius 1 is 0.886 bits per heavy atom. The van der Waals surface area contributed by atoms with Crippen molar-refractivity contribution in [1.29, 1.82) is 0 Å². The van der Waals surface area contributed by atoms with Gasteiger partial charge in [-0.05, 0) is 61.6 Å². The smallest absolute Gasteiger partial charge is 0.261 e. The number of hydrogen-bond donors (Lipinski definition) is 1. The Morgan fingerprint density at radius 2 is 1.54 bits per heavy atom. The minimum atomic E-state index is -0.669. The van der Waals surface area contributed by atoms with Crippen LogP contribution in [0.1, 0.15) is 43.0 Å². The molecule has 3 rings (SSSR count). The molecule has 0 bridgehead atoms. The van der Waals surface area contributed by atoms with E-state index in [1.165, 1.54) is 5.56 Å². The van der Waals surface area contributed by atoms with Gasteiger partial charge < -0.3 is 15.0 Å². The van der Waals surface area contributed by atoms with Gasteiger partial charge in [-0.3, -0.25) is 9.59 Å². The van der Waals surface area contributed by atoms with Crippen molar-refractivity contribution in [3.63, 3.8) is 0 Å². The first-order valence-electron chi connectivity index (χ1n) is 12.3. The van der Waals surface area contributed by atoms with Gasteiger partial charge in [0.1, 0.15) is 11.8 Å². The Bertz CT molecular complexity index is 1090. The molecule has 0 saturated heterocycles. The van der Waals surface area contributed by atoms with Crippen molar-refractivity contribution in [3.05, 3.63) is 101 Å². The molecule has 1 N–H and O–H groups in total. The molecule has 5 heteroatoms. The van der Waals surface area contributed by atoms with E-state index < -0.39 is 6.04 Å². The van der Waals surface area contributed by atoms with Gasteiger partial charge in [0.2, 0.25) is 5.91 Å². The van der Waals surface area contributed by atoms with Gasteiger partial charge in [0.25, 0.3) is 5.91 Å². The van der Waals surface area contributed by atoms with Crippen molar-refractivity contribution in [3.8, 4) is 5.75 Å². The van der Waals surface area contributed by atoms with Gasteiger partial charge in [-0.2, -0.15) is 0 Å². The highest BCUT2D eigenvalue weighted by atomic mass is 16.5. The van der Waals surface area contributed by atoms with Crippen LogP contribution in [0.25, 0.3) is 0 Å². The van der Waals surface area contributed by atoms with Crippen LogP contribution in [0, 0.1) is 6.92 Å². The summed E-state index contributed by atoms with van der Waals surface area (Å²) >= 11 is 0. The van der Waals surface area contributed by atoms with Crippen LogP contribution in [0.5, 0.6) is 5.75 Å². The van der Waals surface area contributed by atoms with Gasteiger partial charge in [-0.1, -0.05) is 73.7 Å². The number of carbonyl (C=O) groups is 2. The zero-order valence-corrected chi connectivity index (χ0v) is 21.2. The van der Waals surface area contributed by atoms with E-state index >= 15 is 0 Å². The van der Waals surface area contributed by atoms with Crippen LogP contribution in [0.15, 0.2) is 78.9 Å². The van der Waals surface area contributed by atoms with Crippen molar-refractivity contribution in [2.45, 2.75) is 59.2 Å². The Morgan fingerprint density at radius 3 is 2.17 bits per heavy atom. The quantitative estimate of drug-likeness (QED) is 0.422. The summed E-state index contributed by atoms with van der Waals surface area (Å²) in [6.45, 7) is 8.15. The van der Waals surface area contributed by atoms with Crippen LogP contribution in [0.4, 0.5) is 0 Å². The Balaban J connectivity index is 1.89. The van der Waals surface area contributed by atoms with E-state index in [0.717, 1.165) is 23.1 Å². The first-order valence-corrected chi connectivity index (χ1v) is 12.3. The molecular weight excluding hydrogens is 436 g/mol. The third-order valence-electron chi connectivity index (χ3n) is 6.00. The largest absolute Gasteiger partial charge is 0.484 e. The average molecular weight is 473 g/mol. The van der Waals surface area contributed by atoms with Crippen molar-refractivity contribution in [2.24, 2.45) is 0 Å². The van der Waals surface area contributed by atoms with Gasteiger partial charge in [-0.25, -0.2) is 0 Å². The highest BCUT2D eigenvalue weighted by Crippen LogP contribution is 2.18. The molecule has 2 amide bonds. The molecule has 184 valence electrons. The van der Waals surface area contributed by atoms with E-state index in [1.54, 1.807) is 4.90 Å². The molecule has 0 aliphatic heterocycles. The first kappa shape index (κ1) is 26.0. The predicted molar refractivity (Wildman–Crippen MR) is 140 cm³/mol. The number of ether oxygens (including phenoxy) is 1. The number of amides is 2. The van der Waals surface area contributed by atoms with E-state index in [9.17, 15) is 9.59 Å². The third kappa shape index (κ3) is 7.71. The summed E-state index contributed by atoms with van der Waals surface area (Å²) in [5, 5.41) is 3.01. The number of nitrogens with zero attached hydrogens (tertiary/aromatic N) is 1. The highest BCUT2D eigenvalue weighted by molar-refractivity contribution is 5.88. The molecule has 5 nitrogen and oxygen atoms in total. The molecule has 3 aromatic carbocycles. The summed E-state index contributed by atoms with van der Waals surface area (Å²) in [6.07, 6.45) is 1.36. The summed E-state index contributed by atoms with van der Waals surface area (Å²) in [6, 6.07) is 24.8. The van der Waals surface area contributed by atoms with Crippen LogP contribution in [0.3, 0.4) is 0 Å². The molecule has 0 spiro atoms. The minimum absolute atomic E-state index is 0.0375. The third-order valence-corrected chi connectivity index (χ3v) is 6.00. The van der Waals surface area contributed by atoms with Gasteiger partial charge in [-0.15, -0.1) is 0 Å². The van der Waals surface area contributed by atoms with Crippen molar-refractivity contribution in [1.82, 2.24) is 10.2 Å². The van der Waals surface area contributed by atoms with E-state index in [2.05, 4.69) is 12.2 Å². The summed E-state index contributed by atoms with van der Waals surface area (Å²) in [7, 11) is 0. The Kier molecular flexibility index (Phi) is 9.47. The fourth-order valence-electron chi connectivity index (χ4n) is 3.96. The zero-order chi connectivity index (χ0) is 25.2. The second-order valence-electron chi connectivity index (χ2n) is 9.10. The maximum atomic E-state index is 13.6. The minimum Gasteiger partial charge on any atom is -0.484 e. The van der Waals surface area contributed by atoms with E-state index in [0.29, 0.717) is 18.7 Å². The lowest BCUT2D eigenvalue weighted by Crippen LogP contribution is -2.52. The molecule has 0 aliphatic carbocycles. The monoisotopic (exact) mass is 472 g/mol. The van der Waals surface area contributed by atoms with Crippen LogP contribution >= 0.6 is 0 Å². The molecule has 1 atom stereocenters. The molecule has 0 radical (unpaired) electrons. The molecule has 3 aromatic rings. The number of rotatable bonds is 11. The average Bonchev–Trinajstić information content (AvgIpc) is 2.86. The second-order valence-corrected chi connectivity index (χ2v) is 9.10. The number of carbonyl (C=O) groups excluding carboxylic acids is 2. The molecule has 0 fully saturated rings. The molecule has 35 heavy (non-hydrogen) atoms. The lowest BCUT2D eigenvalue weighted by molar-refractivity contribution is -0.143. The Hall–Kier alpha value is -3.60. The second kappa shape index (κ2) is 12.7. The predicted octanol–water partition coefficient (Wildman–Crippen LogP) is 5.10. The van der Waals surface area contributed by atoms with Crippen LogP contribution in [-0.2, 0) is 29.0 Å². The topological polar surface area (TPSA) is 58.6 Å². The molecule has 0 heterocycles. The SMILES string of the molecule is CCc1ccc(OCC(=O)N(Cc2ccccc2C)C(Cc2ccccc2)C(=O)NC(C)C)cc1. The fraction of sp³-hybridized carbons (Fsp3) is 0.333. The van der Waals surface area contributed by atoms with E-state index in [4.69, 9.17) is 4.74 Å². The molecule has 0 saturated carbocycles. The number of benzene rings is 3. The van der Waals surface area contributed by atoms with Gasteiger partial charge in [0, 0.05) is 19.0 Å². The summed E-state index contributed by atoms with van der Waals surface area (Å²) in [5.74, 6) is 0.239. The van der Waals surface area contributed by atoms with E-state index in [-0.39, 0.29) is 24.5 Å². The van der Waals surface area contributed by atoms with Crippen LogP contribution in [0.2, 0.25) is 0 Å². The van der Waals surface area contributed by atoms with Crippen molar-refractivity contribution in [2.75, 3.05) is 6.61 Å². The normalized spacial score (nSPS) is 11.7. The van der Waals surface area contributed by atoms with Gasteiger partial charge >= 0.3 is 0 Å². The van der Waals surface area contributed by atoms with Gasteiger partial charge in [0.15, 0.2) is 6.61 Å². The zero-order valence-electron chi connectivity index (χ0n) is 21.2. The molecule has 0 aromatic heterocycles. The first-order chi connectivity index (χ1) is 16.9. The van der Waals surface area contributed by atoms with Crippen LogP contribution in [-0.4, -0.2) is 35.4 Å². The summed E-state index contributed by atoms with van der Waals surface area (Å²) in [4.78, 5) is 28.6. The molecular formula is C30H36N2O3. The van der Waals surface area contributed by atoms with Crippen molar-refractivity contribution < 1.29 is 14.3 Å².